The van der Waals surface area contributed by atoms with Gasteiger partial charge in [0.1, 0.15) is 11.4 Å². The summed E-state index contributed by atoms with van der Waals surface area (Å²) in [6.45, 7) is 3.89. The average Bonchev–Trinajstić information content (AvgIpc) is 2.94. The summed E-state index contributed by atoms with van der Waals surface area (Å²) in [5.74, 6) is -0.355. The number of aromatic nitrogens is 1. The van der Waals surface area contributed by atoms with Crippen LogP contribution in [0.25, 0.3) is 10.9 Å². The summed E-state index contributed by atoms with van der Waals surface area (Å²) in [6, 6.07) is 14.5. The monoisotopic (exact) mass is 371 g/mol. The summed E-state index contributed by atoms with van der Waals surface area (Å²) in [5.41, 5.74) is 2.29. The molecule has 1 heterocycles. The molecule has 2 aromatic carbocycles. The van der Waals surface area contributed by atoms with Crippen LogP contribution >= 0.6 is 11.6 Å². The molecular weight excluding hydrogens is 354 g/mol. The zero-order valence-corrected chi connectivity index (χ0v) is 15.2. The number of halogens is 1. The van der Waals surface area contributed by atoms with Crippen molar-refractivity contribution in [2.45, 2.75) is 20.4 Å². The van der Waals surface area contributed by atoms with Crippen LogP contribution < -0.4 is 4.74 Å². The number of hydrogen-bond acceptors (Lipinski definition) is 4. The Morgan fingerprint density at radius 2 is 1.81 bits per heavy atom. The molecule has 0 saturated heterocycles. The standard InChI is InChI=1S/C20H18ClNO4/c1-3-25-20(24)19-11-15-10-17(26-13(2)23)8-9-18(15)22(19)12-14-4-6-16(21)7-5-14/h4-11H,3,12H2,1-2H3. The molecule has 0 atom stereocenters. The lowest BCUT2D eigenvalue weighted by Crippen LogP contribution is -2.12. The van der Waals surface area contributed by atoms with Gasteiger partial charge in [-0.2, -0.15) is 0 Å². The number of carbonyl (C=O) groups is 2. The van der Waals surface area contributed by atoms with Gasteiger partial charge >= 0.3 is 11.9 Å². The summed E-state index contributed by atoms with van der Waals surface area (Å²) < 4.78 is 12.2. The number of benzene rings is 2. The van der Waals surface area contributed by atoms with E-state index in [4.69, 9.17) is 21.1 Å². The molecule has 6 heteroatoms. The van der Waals surface area contributed by atoms with E-state index in [9.17, 15) is 9.59 Å². The topological polar surface area (TPSA) is 57.5 Å². The van der Waals surface area contributed by atoms with Crippen molar-refractivity contribution in [1.82, 2.24) is 4.57 Å². The molecule has 26 heavy (non-hydrogen) atoms. The molecule has 134 valence electrons. The number of carbonyl (C=O) groups excluding carboxylic acids is 2. The molecule has 5 nitrogen and oxygen atoms in total. The first-order valence-electron chi connectivity index (χ1n) is 8.21. The molecule has 0 spiro atoms. The number of nitrogens with zero attached hydrogens (tertiary/aromatic N) is 1. The van der Waals surface area contributed by atoms with E-state index in [2.05, 4.69) is 0 Å². The van der Waals surface area contributed by atoms with E-state index in [0.717, 1.165) is 16.5 Å². The second-order valence-corrected chi connectivity index (χ2v) is 6.21. The maximum atomic E-state index is 12.4. The van der Waals surface area contributed by atoms with E-state index in [0.29, 0.717) is 29.6 Å². The first-order chi connectivity index (χ1) is 12.5. The molecule has 0 aliphatic carbocycles. The normalized spacial score (nSPS) is 10.7. The third kappa shape index (κ3) is 3.89. The van der Waals surface area contributed by atoms with Crippen LogP contribution in [0.15, 0.2) is 48.5 Å². The van der Waals surface area contributed by atoms with Crippen LogP contribution in [0, 0.1) is 0 Å². The summed E-state index contributed by atoms with van der Waals surface area (Å²) in [4.78, 5) is 23.6. The van der Waals surface area contributed by atoms with Gasteiger partial charge in [-0.05, 0) is 48.9 Å². The minimum Gasteiger partial charge on any atom is -0.461 e. The first kappa shape index (κ1) is 18.0. The largest absolute Gasteiger partial charge is 0.461 e. The van der Waals surface area contributed by atoms with E-state index < -0.39 is 11.9 Å². The summed E-state index contributed by atoms with van der Waals surface area (Å²) >= 11 is 5.95. The van der Waals surface area contributed by atoms with Crippen molar-refractivity contribution in [2.75, 3.05) is 6.61 Å². The number of fused-ring (bicyclic) bond motifs is 1. The SMILES string of the molecule is CCOC(=O)c1cc2cc(OC(C)=O)ccc2n1Cc1ccc(Cl)cc1. The second kappa shape index (κ2) is 7.62. The summed E-state index contributed by atoms with van der Waals surface area (Å²) in [7, 11) is 0. The molecule has 0 aliphatic heterocycles. The molecule has 0 radical (unpaired) electrons. The van der Waals surface area contributed by atoms with Crippen LogP contribution in [-0.2, 0) is 16.1 Å². The summed E-state index contributed by atoms with van der Waals surface area (Å²) in [6.07, 6.45) is 0. The Balaban J connectivity index is 2.07. The van der Waals surface area contributed by atoms with Crippen molar-refractivity contribution in [1.29, 1.82) is 0 Å². The van der Waals surface area contributed by atoms with E-state index >= 15 is 0 Å². The van der Waals surface area contributed by atoms with Crippen molar-refractivity contribution >= 4 is 34.4 Å². The first-order valence-corrected chi connectivity index (χ1v) is 8.59. The third-order valence-electron chi connectivity index (χ3n) is 3.87. The molecule has 0 aliphatic rings. The highest BCUT2D eigenvalue weighted by Crippen LogP contribution is 2.26. The van der Waals surface area contributed by atoms with Crippen LogP contribution in [0.4, 0.5) is 0 Å². The van der Waals surface area contributed by atoms with E-state index in [1.165, 1.54) is 6.92 Å². The molecule has 0 unspecified atom stereocenters. The molecule has 0 N–H and O–H groups in total. The third-order valence-corrected chi connectivity index (χ3v) is 4.12. The lowest BCUT2D eigenvalue weighted by Gasteiger charge is -2.11. The molecule has 0 saturated carbocycles. The highest BCUT2D eigenvalue weighted by atomic mass is 35.5. The number of ether oxygens (including phenoxy) is 2. The zero-order chi connectivity index (χ0) is 18.7. The molecule has 0 fully saturated rings. The number of rotatable bonds is 5. The van der Waals surface area contributed by atoms with Gasteiger partial charge in [0.15, 0.2) is 0 Å². The fourth-order valence-corrected chi connectivity index (χ4v) is 2.92. The summed E-state index contributed by atoms with van der Waals surface area (Å²) in [5, 5.41) is 1.45. The predicted molar refractivity (Wildman–Crippen MR) is 99.8 cm³/mol. The van der Waals surface area contributed by atoms with Gasteiger partial charge in [0.05, 0.1) is 6.61 Å². The minimum absolute atomic E-state index is 0.292. The van der Waals surface area contributed by atoms with Gasteiger partial charge in [-0.3, -0.25) is 4.79 Å². The van der Waals surface area contributed by atoms with Crippen molar-refractivity contribution in [3.05, 3.63) is 64.8 Å². The second-order valence-electron chi connectivity index (χ2n) is 5.78. The van der Waals surface area contributed by atoms with Crippen LogP contribution in [-0.4, -0.2) is 23.1 Å². The van der Waals surface area contributed by atoms with Crippen molar-refractivity contribution in [3.63, 3.8) is 0 Å². The van der Waals surface area contributed by atoms with Gasteiger partial charge in [-0.1, -0.05) is 23.7 Å². The van der Waals surface area contributed by atoms with Gasteiger partial charge in [0, 0.05) is 29.4 Å². The Morgan fingerprint density at radius 3 is 2.46 bits per heavy atom. The Hall–Kier alpha value is -2.79. The van der Waals surface area contributed by atoms with E-state index in [-0.39, 0.29) is 0 Å². The highest BCUT2D eigenvalue weighted by Gasteiger charge is 2.17. The molecular formula is C20H18ClNO4. The Kier molecular flexibility index (Phi) is 5.28. The van der Waals surface area contributed by atoms with Gasteiger partial charge < -0.3 is 14.0 Å². The van der Waals surface area contributed by atoms with Crippen LogP contribution in [0.1, 0.15) is 29.9 Å². The number of esters is 2. The van der Waals surface area contributed by atoms with Crippen LogP contribution in [0.5, 0.6) is 5.75 Å². The number of hydrogen-bond donors (Lipinski definition) is 0. The van der Waals surface area contributed by atoms with E-state index in [1.54, 1.807) is 25.1 Å². The van der Waals surface area contributed by atoms with Gasteiger partial charge in [0.25, 0.3) is 0 Å². The van der Waals surface area contributed by atoms with Gasteiger partial charge in [-0.15, -0.1) is 0 Å². The molecule has 0 amide bonds. The zero-order valence-electron chi connectivity index (χ0n) is 14.5. The van der Waals surface area contributed by atoms with Crippen molar-refractivity contribution < 1.29 is 19.1 Å². The van der Waals surface area contributed by atoms with Crippen molar-refractivity contribution in [2.24, 2.45) is 0 Å². The molecule has 3 aromatic rings. The van der Waals surface area contributed by atoms with Crippen LogP contribution in [0.2, 0.25) is 5.02 Å². The fraction of sp³-hybridized carbons (Fsp3) is 0.200. The maximum absolute atomic E-state index is 12.4. The smallest absolute Gasteiger partial charge is 0.354 e. The fourth-order valence-electron chi connectivity index (χ4n) is 2.80. The van der Waals surface area contributed by atoms with Crippen molar-refractivity contribution in [3.8, 4) is 5.75 Å². The predicted octanol–water partition coefficient (Wildman–Crippen LogP) is 4.45. The average molecular weight is 372 g/mol. The molecule has 3 rings (SSSR count). The Bertz CT molecular complexity index is 960. The lowest BCUT2D eigenvalue weighted by molar-refractivity contribution is -0.131. The van der Waals surface area contributed by atoms with E-state index in [1.807, 2.05) is 34.9 Å². The minimum atomic E-state index is -0.397. The highest BCUT2D eigenvalue weighted by molar-refractivity contribution is 6.30. The quantitative estimate of drug-likeness (QED) is 0.491. The lowest BCUT2D eigenvalue weighted by atomic mass is 10.2. The van der Waals surface area contributed by atoms with Gasteiger partial charge in [-0.25, -0.2) is 4.79 Å². The Labute approximate surface area is 156 Å². The Morgan fingerprint density at radius 1 is 1.08 bits per heavy atom. The molecule has 0 bridgehead atoms. The van der Waals surface area contributed by atoms with Gasteiger partial charge in [0.2, 0.25) is 0 Å². The maximum Gasteiger partial charge on any atom is 0.354 e. The molecule has 1 aromatic heterocycles. The van der Waals surface area contributed by atoms with Crippen LogP contribution in [0.3, 0.4) is 0 Å².